The Balaban J connectivity index is 4.36. The molecule has 0 amide bonds. The fourth-order valence-corrected chi connectivity index (χ4v) is 10.1. The van der Waals surface area contributed by atoms with Crippen LogP contribution in [0, 0.1) is 0 Å². The molecule has 0 saturated carbocycles. The average molecular weight is 1120 g/mol. The molecule has 0 aromatic heterocycles. The van der Waals surface area contributed by atoms with Crippen LogP contribution in [0.3, 0.4) is 0 Å². The molecule has 0 N–H and O–H groups in total. The third-order valence-corrected chi connectivity index (χ3v) is 15.4. The van der Waals surface area contributed by atoms with Crippen LogP contribution in [0.1, 0.15) is 361 Å². The number of unbranched alkanes of at least 4 members (excludes halogenated alkanes) is 41. The first-order chi connectivity index (χ1) is 39.5. The molecule has 0 aliphatic heterocycles. The Morgan fingerprint density at radius 1 is 0.250 bits per heavy atom. The lowest BCUT2D eigenvalue weighted by Gasteiger charge is -2.18. The van der Waals surface area contributed by atoms with Crippen molar-refractivity contribution >= 4 is 17.9 Å². The summed E-state index contributed by atoms with van der Waals surface area (Å²) in [6.45, 7) is 6.65. The fourth-order valence-electron chi connectivity index (χ4n) is 10.1. The second-order valence-corrected chi connectivity index (χ2v) is 23.4. The van der Waals surface area contributed by atoms with Crippen LogP contribution in [0.15, 0.2) is 72.9 Å². The zero-order valence-electron chi connectivity index (χ0n) is 53.3. The molecule has 80 heavy (non-hydrogen) atoms. The van der Waals surface area contributed by atoms with Gasteiger partial charge in [-0.15, -0.1) is 0 Å². The van der Waals surface area contributed by atoms with Crippen molar-refractivity contribution in [1.82, 2.24) is 0 Å². The van der Waals surface area contributed by atoms with Gasteiger partial charge in [0, 0.05) is 19.3 Å². The van der Waals surface area contributed by atoms with E-state index >= 15 is 0 Å². The minimum Gasteiger partial charge on any atom is -0.462 e. The molecular formula is C74H132O6. The van der Waals surface area contributed by atoms with Gasteiger partial charge >= 0.3 is 17.9 Å². The van der Waals surface area contributed by atoms with Gasteiger partial charge in [-0.2, -0.15) is 0 Å². The first kappa shape index (κ1) is 76.9. The standard InChI is InChI=1S/C74H132O6/c1-4-7-10-13-16-19-22-25-28-31-33-35-37-39-41-43-46-49-52-55-58-61-64-67-73(76)79-70-71(69-78-72(75)66-63-60-57-54-51-48-45-30-27-24-21-18-15-12-9-6-3)80-74(77)68-65-62-59-56-53-50-47-44-42-40-38-36-34-32-29-26-23-20-17-14-11-8-5-2/h22-23,25-26,30-34,37,39,45,71H,4-21,24,27-29,35-36,38,40-44,46-70H2,1-3H3/b25-22-,26-23-,33-31-,34-32-,39-37-,45-30-. The summed E-state index contributed by atoms with van der Waals surface area (Å²) in [5.41, 5.74) is 0. The lowest BCUT2D eigenvalue weighted by atomic mass is 10.0. The smallest absolute Gasteiger partial charge is 0.306 e. The van der Waals surface area contributed by atoms with E-state index in [1.165, 1.54) is 231 Å². The summed E-state index contributed by atoms with van der Waals surface area (Å²) in [5.74, 6) is -0.879. The van der Waals surface area contributed by atoms with Crippen LogP contribution >= 0.6 is 0 Å². The zero-order chi connectivity index (χ0) is 57.8. The summed E-state index contributed by atoms with van der Waals surface area (Å²) in [5, 5.41) is 0. The van der Waals surface area contributed by atoms with Crippen LogP contribution < -0.4 is 0 Å². The molecule has 464 valence electrons. The highest BCUT2D eigenvalue weighted by atomic mass is 16.6. The van der Waals surface area contributed by atoms with Crippen LogP contribution in [0.5, 0.6) is 0 Å². The summed E-state index contributed by atoms with van der Waals surface area (Å²) in [7, 11) is 0. The van der Waals surface area contributed by atoms with E-state index in [0.717, 1.165) is 89.9 Å². The van der Waals surface area contributed by atoms with E-state index in [1.807, 2.05) is 0 Å². The molecule has 0 spiro atoms. The molecule has 0 radical (unpaired) electrons. The van der Waals surface area contributed by atoms with Crippen molar-refractivity contribution in [3.63, 3.8) is 0 Å². The molecule has 1 atom stereocenters. The number of allylic oxidation sites excluding steroid dienone is 12. The molecule has 0 aliphatic rings. The molecule has 0 saturated heterocycles. The molecule has 0 heterocycles. The number of esters is 3. The molecule has 0 bridgehead atoms. The van der Waals surface area contributed by atoms with Gasteiger partial charge in [0.25, 0.3) is 0 Å². The predicted molar refractivity (Wildman–Crippen MR) is 348 cm³/mol. The van der Waals surface area contributed by atoms with E-state index in [2.05, 4.69) is 93.7 Å². The van der Waals surface area contributed by atoms with E-state index in [4.69, 9.17) is 14.2 Å². The number of hydrogen-bond donors (Lipinski definition) is 0. The third kappa shape index (κ3) is 65.7. The zero-order valence-corrected chi connectivity index (χ0v) is 53.3. The van der Waals surface area contributed by atoms with Crippen LogP contribution in [-0.4, -0.2) is 37.2 Å². The summed E-state index contributed by atoms with van der Waals surface area (Å²) >= 11 is 0. The summed E-state index contributed by atoms with van der Waals surface area (Å²) in [6, 6.07) is 0. The number of hydrogen-bond acceptors (Lipinski definition) is 6. The van der Waals surface area contributed by atoms with Crippen LogP contribution in [-0.2, 0) is 28.6 Å². The molecule has 0 rings (SSSR count). The van der Waals surface area contributed by atoms with Crippen molar-refractivity contribution in [2.45, 2.75) is 367 Å². The largest absolute Gasteiger partial charge is 0.462 e. The van der Waals surface area contributed by atoms with Crippen molar-refractivity contribution in [3.8, 4) is 0 Å². The highest BCUT2D eigenvalue weighted by Crippen LogP contribution is 2.17. The van der Waals surface area contributed by atoms with Crippen molar-refractivity contribution in [2.75, 3.05) is 13.2 Å². The number of rotatable bonds is 64. The van der Waals surface area contributed by atoms with Gasteiger partial charge in [-0.25, -0.2) is 0 Å². The maximum absolute atomic E-state index is 13.0. The monoisotopic (exact) mass is 1120 g/mol. The number of carbonyl (C=O) groups excluding carboxylic acids is 3. The average Bonchev–Trinajstić information content (AvgIpc) is 3.46. The van der Waals surface area contributed by atoms with Gasteiger partial charge in [-0.3, -0.25) is 14.4 Å². The lowest BCUT2D eigenvalue weighted by Crippen LogP contribution is -2.30. The SMILES string of the molecule is CCCCCCC/C=C\C/C=C\C/C=C\CCCCCCCCCCC(=O)OCC(COC(=O)CCCCCCC/C=C\CCCCCCCCC)OC(=O)CCCCCCCCCCCCC/C=C\C/C=C\CCCCCCC. The molecule has 1 unspecified atom stereocenters. The number of ether oxygens (including phenoxy) is 3. The first-order valence-electron chi connectivity index (χ1n) is 34.9. The Labute approximate surface area is 497 Å². The van der Waals surface area contributed by atoms with E-state index in [1.54, 1.807) is 0 Å². The Morgan fingerprint density at radius 2 is 0.450 bits per heavy atom. The minimum atomic E-state index is -0.785. The van der Waals surface area contributed by atoms with E-state index in [0.29, 0.717) is 19.3 Å². The summed E-state index contributed by atoms with van der Waals surface area (Å²) in [4.78, 5) is 38.5. The van der Waals surface area contributed by atoms with Crippen LogP contribution in [0.25, 0.3) is 0 Å². The Kier molecular flexibility index (Phi) is 65.7. The first-order valence-corrected chi connectivity index (χ1v) is 34.9. The molecular weight excluding hydrogens is 985 g/mol. The van der Waals surface area contributed by atoms with E-state index in [-0.39, 0.29) is 31.1 Å². The molecule has 0 aromatic carbocycles. The van der Waals surface area contributed by atoms with Crippen LogP contribution in [0.2, 0.25) is 0 Å². The molecule has 0 fully saturated rings. The normalized spacial score (nSPS) is 12.5. The third-order valence-electron chi connectivity index (χ3n) is 15.4. The van der Waals surface area contributed by atoms with Gasteiger partial charge in [0.2, 0.25) is 0 Å². The maximum atomic E-state index is 13.0. The summed E-state index contributed by atoms with van der Waals surface area (Å²) in [6.07, 6.45) is 89.1. The van der Waals surface area contributed by atoms with Gasteiger partial charge in [-0.1, -0.05) is 299 Å². The quantitative estimate of drug-likeness (QED) is 0.0261. The van der Waals surface area contributed by atoms with Crippen molar-refractivity contribution in [1.29, 1.82) is 0 Å². The topological polar surface area (TPSA) is 78.9 Å². The maximum Gasteiger partial charge on any atom is 0.306 e. The van der Waals surface area contributed by atoms with E-state index < -0.39 is 6.10 Å². The summed E-state index contributed by atoms with van der Waals surface area (Å²) < 4.78 is 17.0. The van der Waals surface area contributed by atoms with Gasteiger partial charge in [-0.05, 0) is 116 Å². The molecule has 6 heteroatoms. The second kappa shape index (κ2) is 68.3. The highest BCUT2D eigenvalue weighted by molar-refractivity contribution is 5.71. The van der Waals surface area contributed by atoms with Gasteiger partial charge in [0.05, 0.1) is 0 Å². The van der Waals surface area contributed by atoms with Crippen molar-refractivity contribution < 1.29 is 28.6 Å². The Morgan fingerprint density at radius 3 is 0.713 bits per heavy atom. The van der Waals surface area contributed by atoms with Gasteiger partial charge in [0.1, 0.15) is 13.2 Å². The minimum absolute atomic E-state index is 0.0809. The molecule has 0 aromatic rings. The van der Waals surface area contributed by atoms with Gasteiger partial charge < -0.3 is 14.2 Å². The van der Waals surface area contributed by atoms with Crippen LogP contribution in [0.4, 0.5) is 0 Å². The number of carbonyl (C=O) groups is 3. The highest BCUT2D eigenvalue weighted by Gasteiger charge is 2.19. The van der Waals surface area contributed by atoms with Crippen molar-refractivity contribution in [2.24, 2.45) is 0 Å². The second-order valence-electron chi connectivity index (χ2n) is 23.4. The van der Waals surface area contributed by atoms with E-state index in [9.17, 15) is 14.4 Å². The molecule has 6 nitrogen and oxygen atoms in total. The Hall–Kier alpha value is -3.15. The Bertz CT molecular complexity index is 1470. The lowest BCUT2D eigenvalue weighted by molar-refractivity contribution is -0.167. The van der Waals surface area contributed by atoms with Gasteiger partial charge in [0.15, 0.2) is 6.10 Å². The van der Waals surface area contributed by atoms with Crippen molar-refractivity contribution in [3.05, 3.63) is 72.9 Å². The molecule has 0 aliphatic carbocycles. The fraction of sp³-hybridized carbons (Fsp3) is 0.797. The predicted octanol–water partition coefficient (Wildman–Crippen LogP) is 24.1.